The summed E-state index contributed by atoms with van der Waals surface area (Å²) in [5, 5.41) is 21.0. The van der Waals surface area contributed by atoms with E-state index in [0.29, 0.717) is 12.1 Å². The summed E-state index contributed by atoms with van der Waals surface area (Å²) in [5.41, 5.74) is 3.14. The SMILES string of the molecule is Cc1ccc2[nH]nc(C(=O)NC(C)CC(O)c3ccccc3)c2c1. The summed E-state index contributed by atoms with van der Waals surface area (Å²) in [6.45, 7) is 3.86. The number of H-pyrrole nitrogens is 1. The highest BCUT2D eigenvalue weighted by atomic mass is 16.3. The summed E-state index contributed by atoms with van der Waals surface area (Å²) < 4.78 is 0. The van der Waals surface area contributed by atoms with Gasteiger partial charge in [-0.15, -0.1) is 0 Å². The van der Waals surface area contributed by atoms with E-state index in [9.17, 15) is 9.90 Å². The fourth-order valence-electron chi connectivity index (χ4n) is 2.80. The molecule has 3 rings (SSSR count). The van der Waals surface area contributed by atoms with Gasteiger partial charge in [0, 0.05) is 11.4 Å². The Morgan fingerprint density at radius 1 is 1.25 bits per heavy atom. The number of aryl methyl sites for hydroxylation is 1. The summed E-state index contributed by atoms with van der Waals surface area (Å²) >= 11 is 0. The van der Waals surface area contributed by atoms with Crippen molar-refractivity contribution >= 4 is 16.8 Å². The lowest BCUT2D eigenvalue weighted by Gasteiger charge is -2.17. The van der Waals surface area contributed by atoms with Crippen molar-refractivity contribution in [2.24, 2.45) is 0 Å². The molecule has 3 aromatic rings. The molecule has 2 aromatic carbocycles. The van der Waals surface area contributed by atoms with Gasteiger partial charge in [0.05, 0.1) is 11.6 Å². The standard InChI is InChI=1S/C19H21N3O2/c1-12-8-9-16-15(10-12)18(22-21-16)19(24)20-13(2)11-17(23)14-6-4-3-5-7-14/h3-10,13,17,23H,11H2,1-2H3,(H,20,24)(H,21,22). The number of benzene rings is 2. The Balaban J connectivity index is 1.68. The highest BCUT2D eigenvalue weighted by Crippen LogP contribution is 2.20. The van der Waals surface area contributed by atoms with E-state index in [4.69, 9.17) is 0 Å². The Morgan fingerprint density at radius 3 is 2.75 bits per heavy atom. The van der Waals surface area contributed by atoms with Crippen molar-refractivity contribution in [2.75, 3.05) is 0 Å². The summed E-state index contributed by atoms with van der Waals surface area (Å²) in [6, 6.07) is 15.1. The van der Waals surface area contributed by atoms with Crippen molar-refractivity contribution in [3.05, 3.63) is 65.4 Å². The smallest absolute Gasteiger partial charge is 0.272 e. The Kier molecular flexibility index (Phi) is 4.62. The van der Waals surface area contributed by atoms with E-state index >= 15 is 0 Å². The predicted molar refractivity (Wildman–Crippen MR) is 93.8 cm³/mol. The molecule has 0 radical (unpaired) electrons. The molecule has 0 saturated heterocycles. The molecule has 0 aliphatic heterocycles. The molecule has 0 spiro atoms. The van der Waals surface area contributed by atoms with E-state index in [2.05, 4.69) is 15.5 Å². The summed E-state index contributed by atoms with van der Waals surface area (Å²) in [5.74, 6) is -0.236. The van der Waals surface area contributed by atoms with Crippen LogP contribution in [0.3, 0.4) is 0 Å². The van der Waals surface area contributed by atoms with Crippen LogP contribution in [0, 0.1) is 6.92 Å². The van der Waals surface area contributed by atoms with Crippen LogP contribution in [0.1, 0.15) is 41.1 Å². The van der Waals surface area contributed by atoms with Crippen LogP contribution in [0.15, 0.2) is 48.5 Å². The van der Waals surface area contributed by atoms with Gasteiger partial charge in [-0.2, -0.15) is 5.10 Å². The van der Waals surface area contributed by atoms with E-state index in [0.717, 1.165) is 22.0 Å². The molecular formula is C19H21N3O2. The Labute approximate surface area is 140 Å². The lowest BCUT2D eigenvalue weighted by atomic mass is 10.0. The number of hydrogen-bond donors (Lipinski definition) is 3. The monoisotopic (exact) mass is 323 g/mol. The number of aromatic amines is 1. The van der Waals surface area contributed by atoms with Crippen molar-refractivity contribution in [1.82, 2.24) is 15.5 Å². The zero-order valence-corrected chi connectivity index (χ0v) is 13.8. The number of hydrogen-bond acceptors (Lipinski definition) is 3. The molecule has 5 heteroatoms. The molecule has 0 saturated carbocycles. The minimum atomic E-state index is -0.611. The number of aliphatic hydroxyl groups is 1. The van der Waals surface area contributed by atoms with E-state index in [1.54, 1.807) is 0 Å². The van der Waals surface area contributed by atoms with Gasteiger partial charge in [-0.3, -0.25) is 9.89 Å². The minimum absolute atomic E-state index is 0.177. The molecule has 2 atom stereocenters. The van der Waals surface area contributed by atoms with Crippen molar-refractivity contribution in [3.8, 4) is 0 Å². The number of amides is 1. The first-order valence-corrected chi connectivity index (χ1v) is 8.03. The van der Waals surface area contributed by atoms with Crippen LogP contribution in [0.4, 0.5) is 0 Å². The van der Waals surface area contributed by atoms with Gasteiger partial charge < -0.3 is 10.4 Å². The number of carbonyl (C=O) groups is 1. The quantitative estimate of drug-likeness (QED) is 0.675. The first-order valence-electron chi connectivity index (χ1n) is 8.03. The number of rotatable bonds is 5. The van der Waals surface area contributed by atoms with E-state index < -0.39 is 6.10 Å². The Bertz CT molecular complexity index is 842. The lowest BCUT2D eigenvalue weighted by Crippen LogP contribution is -2.34. The highest BCUT2D eigenvalue weighted by molar-refractivity contribution is 6.04. The summed E-state index contributed by atoms with van der Waals surface area (Å²) in [4.78, 5) is 12.5. The zero-order chi connectivity index (χ0) is 17.1. The molecule has 1 aromatic heterocycles. The van der Waals surface area contributed by atoms with Crippen LogP contribution in [0.2, 0.25) is 0 Å². The molecule has 24 heavy (non-hydrogen) atoms. The van der Waals surface area contributed by atoms with Crippen molar-refractivity contribution < 1.29 is 9.90 Å². The van der Waals surface area contributed by atoms with Crippen LogP contribution in [0.5, 0.6) is 0 Å². The Morgan fingerprint density at radius 2 is 2.00 bits per heavy atom. The molecule has 0 bridgehead atoms. The van der Waals surface area contributed by atoms with Crippen molar-refractivity contribution in [2.45, 2.75) is 32.4 Å². The molecule has 0 aliphatic rings. The lowest BCUT2D eigenvalue weighted by molar-refractivity contribution is 0.0913. The van der Waals surface area contributed by atoms with Gasteiger partial charge in [-0.1, -0.05) is 42.0 Å². The van der Waals surface area contributed by atoms with Gasteiger partial charge >= 0.3 is 0 Å². The third-order valence-corrected chi connectivity index (χ3v) is 4.07. The average Bonchev–Trinajstić information content (AvgIpc) is 2.98. The molecule has 5 nitrogen and oxygen atoms in total. The van der Waals surface area contributed by atoms with Gasteiger partial charge in [0.1, 0.15) is 0 Å². The second-order valence-corrected chi connectivity index (χ2v) is 6.16. The number of aliphatic hydroxyl groups excluding tert-OH is 1. The number of nitrogens with one attached hydrogen (secondary N) is 2. The van der Waals surface area contributed by atoms with Gasteiger partial charge in [-0.25, -0.2) is 0 Å². The molecule has 2 unspecified atom stereocenters. The normalized spacial score (nSPS) is 13.6. The van der Waals surface area contributed by atoms with Crippen molar-refractivity contribution in [1.29, 1.82) is 0 Å². The molecule has 0 fully saturated rings. The maximum Gasteiger partial charge on any atom is 0.272 e. The van der Waals surface area contributed by atoms with Crippen LogP contribution >= 0.6 is 0 Å². The van der Waals surface area contributed by atoms with Crippen LogP contribution in [-0.4, -0.2) is 27.3 Å². The predicted octanol–water partition coefficient (Wildman–Crippen LogP) is 3.11. The number of fused-ring (bicyclic) bond motifs is 1. The third-order valence-electron chi connectivity index (χ3n) is 4.07. The Hall–Kier alpha value is -2.66. The topological polar surface area (TPSA) is 78.0 Å². The number of nitrogens with zero attached hydrogens (tertiary/aromatic N) is 1. The molecule has 0 aliphatic carbocycles. The van der Waals surface area contributed by atoms with Crippen molar-refractivity contribution in [3.63, 3.8) is 0 Å². The molecule has 124 valence electrons. The van der Waals surface area contributed by atoms with E-state index in [-0.39, 0.29) is 11.9 Å². The first kappa shape index (κ1) is 16.2. The molecule has 1 heterocycles. The zero-order valence-electron chi connectivity index (χ0n) is 13.8. The average molecular weight is 323 g/mol. The fraction of sp³-hybridized carbons (Fsp3) is 0.263. The minimum Gasteiger partial charge on any atom is -0.388 e. The number of carbonyl (C=O) groups excluding carboxylic acids is 1. The van der Waals surface area contributed by atoms with Gasteiger partial charge in [0.15, 0.2) is 5.69 Å². The summed E-state index contributed by atoms with van der Waals surface area (Å²) in [7, 11) is 0. The molecule has 1 amide bonds. The second kappa shape index (κ2) is 6.84. The first-order chi connectivity index (χ1) is 11.5. The van der Waals surface area contributed by atoms with E-state index in [1.807, 2.05) is 62.4 Å². The fourth-order valence-corrected chi connectivity index (χ4v) is 2.80. The number of aromatic nitrogens is 2. The van der Waals surface area contributed by atoms with Crippen LogP contribution in [0.25, 0.3) is 10.9 Å². The largest absolute Gasteiger partial charge is 0.388 e. The van der Waals surface area contributed by atoms with Gasteiger partial charge in [-0.05, 0) is 38.0 Å². The maximum atomic E-state index is 12.5. The van der Waals surface area contributed by atoms with Gasteiger partial charge in [0.25, 0.3) is 5.91 Å². The maximum absolute atomic E-state index is 12.5. The van der Waals surface area contributed by atoms with Crippen LogP contribution in [-0.2, 0) is 0 Å². The summed E-state index contributed by atoms with van der Waals surface area (Å²) in [6.07, 6.45) is -0.170. The molecular weight excluding hydrogens is 302 g/mol. The van der Waals surface area contributed by atoms with Gasteiger partial charge in [0.2, 0.25) is 0 Å². The van der Waals surface area contributed by atoms with Crippen LogP contribution < -0.4 is 5.32 Å². The highest BCUT2D eigenvalue weighted by Gasteiger charge is 2.18. The third kappa shape index (κ3) is 3.46. The molecule has 3 N–H and O–H groups in total. The van der Waals surface area contributed by atoms with E-state index in [1.165, 1.54) is 0 Å². The second-order valence-electron chi connectivity index (χ2n) is 6.16.